The van der Waals surface area contributed by atoms with Crippen molar-refractivity contribution in [1.82, 2.24) is 10.2 Å². The Balaban J connectivity index is 1.59. The first-order valence-corrected chi connectivity index (χ1v) is 8.72. The predicted octanol–water partition coefficient (Wildman–Crippen LogP) is 4.15. The van der Waals surface area contributed by atoms with Crippen LogP contribution in [-0.2, 0) is 16.6 Å². The third-order valence-electron chi connectivity index (χ3n) is 5.80. The van der Waals surface area contributed by atoms with Crippen LogP contribution in [0.1, 0.15) is 41.6 Å². The summed E-state index contributed by atoms with van der Waals surface area (Å²) in [5.41, 5.74) is 6.07. The molecule has 1 saturated carbocycles. The predicted molar refractivity (Wildman–Crippen MR) is 99.7 cm³/mol. The highest BCUT2D eigenvalue weighted by Crippen LogP contribution is 2.65. The summed E-state index contributed by atoms with van der Waals surface area (Å²) in [5.74, 6) is 0.359. The number of nitrogens with zero attached hydrogens (tertiary/aromatic N) is 1. The zero-order valence-corrected chi connectivity index (χ0v) is 14.1. The highest BCUT2D eigenvalue weighted by Gasteiger charge is 2.65. The minimum absolute atomic E-state index is 0.136. The van der Waals surface area contributed by atoms with Crippen LogP contribution >= 0.6 is 0 Å². The summed E-state index contributed by atoms with van der Waals surface area (Å²) in [6, 6.07) is 12.7. The lowest BCUT2D eigenvalue weighted by Crippen LogP contribution is -2.21. The van der Waals surface area contributed by atoms with E-state index in [1.807, 2.05) is 6.07 Å². The molecule has 4 nitrogen and oxygen atoms in total. The number of aromatic nitrogens is 2. The molecule has 25 heavy (non-hydrogen) atoms. The summed E-state index contributed by atoms with van der Waals surface area (Å²) in [7, 11) is 0. The van der Waals surface area contributed by atoms with E-state index in [2.05, 4.69) is 59.3 Å². The summed E-state index contributed by atoms with van der Waals surface area (Å²) in [6.45, 7) is 5.94. The number of fused-ring (bicyclic) bond motifs is 3. The Morgan fingerprint density at radius 3 is 3.00 bits per heavy atom. The van der Waals surface area contributed by atoms with Gasteiger partial charge in [-0.25, -0.2) is 0 Å². The largest absolute Gasteiger partial charge is 0.325 e. The van der Waals surface area contributed by atoms with Crippen molar-refractivity contribution in [3.05, 3.63) is 65.4 Å². The van der Waals surface area contributed by atoms with Gasteiger partial charge in [-0.1, -0.05) is 37.8 Å². The number of H-pyrrole nitrogens is 1. The number of carbonyl (C=O) groups excluding carboxylic acids is 1. The number of carbonyl (C=O) groups is 1. The number of hydrogen-bond acceptors (Lipinski definition) is 2. The number of benzene rings is 2. The normalized spacial score (nSPS) is 23.7. The summed E-state index contributed by atoms with van der Waals surface area (Å²) < 4.78 is 0. The van der Waals surface area contributed by atoms with E-state index in [9.17, 15) is 4.79 Å². The van der Waals surface area contributed by atoms with Crippen LogP contribution in [0.25, 0.3) is 17.0 Å². The number of aryl methyl sites for hydroxylation is 1. The van der Waals surface area contributed by atoms with E-state index in [4.69, 9.17) is 0 Å². The van der Waals surface area contributed by atoms with Crippen molar-refractivity contribution in [2.24, 2.45) is 0 Å². The number of hydrogen-bond donors (Lipinski definition) is 2. The Bertz CT molecular complexity index is 1050. The number of anilines is 1. The van der Waals surface area contributed by atoms with Gasteiger partial charge in [-0.2, -0.15) is 5.10 Å². The molecule has 1 spiro atoms. The van der Waals surface area contributed by atoms with E-state index >= 15 is 0 Å². The standard InChI is InChI=1S/C21H19N3O/c1-3-12-5-8-18-15(9-12)21(20(25)22-18)11-16(21)13-6-7-14-17(4-2)23-24-19(14)10-13/h4-10,16H,2-3,11H2,1H3,(H,22,25)(H,23,24)/t16-,21-/m0/s1. The monoisotopic (exact) mass is 329 g/mol. The van der Waals surface area contributed by atoms with Gasteiger partial charge in [0.05, 0.1) is 16.6 Å². The van der Waals surface area contributed by atoms with Crippen LogP contribution in [0.2, 0.25) is 0 Å². The Labute approximate surface area is 145 Å². The van der Waals surface area contributed by atoms with Crippen molar-refractivity contribution in [2.45, 2.75) is 31.1 Å². The van der Waals surface area contributed by atoms with Crippen molar-refractivity contribution < 1.29 is 4.79 Å². The molecule has 2 aliphatic rings. The lowest BCUT2D eigenvalue weighted by Gasteiger charge is -2.10. The fourth-order valence-corrected chi connectivity index (χ4v) is 4.29. The molecule has 0 saturated heterocycles. The highest BCUT2D eigenvalue weighted by molar-refractivity contribution is 6.10. The number of amides is 1. The molecule has 124 valence electrons. The smallest absolute Gasteiger partial charge is 0.235 e. The van der Waals surface area contributed by atoms with Gasteiger partial charge in [-0.3, -0.25) is 9.89 Å². The van der Waals surface area contributed by atoms with Crippen LogP contribution in [0.15, 0.2) is 43.0 Å². The quantitative estimate of drug-likeness (QED) is 0.758. The van der Waals surface area contributed by atoms with Gasteiger partial charge in [0.2, 0.25) is 5.91 Å². The van der Waals surface area contributed by atoms with Crippen LogP contribution in [-0.4, -0.2) is 16.1 Å². The molecule has 1 aliphatic carbocycles. The Hall–Kier alpha value is -2.88. The molecule has 0 unspecified atom stereocenters. The molecule has 2 heterocycles. The molecular weight excluding hydrogens is 310 g/mol. The van der Waals surface area contributed by atoms with E-state index in [1.54, 1.807) is 6.08 Å². The number of nitrogens with one attached hydrogen (secondary N) is 2. The molecule has 1 amide bonds. The Kier molecular flexibility index (Phi) is 2.79. The van der Waals surface area contributed by atoms with E-state index < -0.39 is 5.41 Å². The first-order valence-electron chi connectivity index (χ1n) is 8.72. The molecule has 4 heteroatoms. The topological polar surface area (TPSA) is 57.8 Å². The third kappa shape index (κ3) is 1.82. The maximum Gasteiger partial charge on any atom is 0.235 e. The first-order chi connectivity index (χ1) is 12.2. The molecule has 1 aromatic heterocycles. The zero-order valence-electron chi connectivity index (χ0n) is 14.1. The third-order valence-corrected chi connectivity index (χ3v) is 5.80. The summed E-state index contributed by atoms with van der Waals surface area (Å²) >= 11 is 0. The summed E-state index contributed by atoms with van der Waals surface area (Å²) in [6.07, 6.45) is 3.60. The second-order valence-electron chi connectivity index (χ2n) is 7.03. The maximum absolute atomic E-state index is 12.8. The average molecular weight is 329 g/mol. The van der Waals surface area contributed by atoms with Gasteiger partial charge in [0.25, 0.3) is 0 Å². The summed E-state index contributed by atoms with van der Waals surface area (Å²) in [4.78, 5) is 12.8. The molecule has 5 rings (SSSR count). The van der Waals surface area contributed by atoms with Crippen LogP contribution < -0.4 is 5.32 Å². The van der Waals surface area contributed by atoms with Gasteiger partial charge in [-0.05, 0) is 47.7 Å². The minimum atomic E-state index is -0.393. The molecule has 3 aromatic rings. The molecule has 2 N–H and O–H groups in total. The lowest BCUT2D eigenvalue weighted by atomic mass is 9.90. The zero-order chi connectivity index (χ0) is 17.2. The van der Waals surface area contributed by atoms with Crippen LogP contribution in [0.3, 0.4) is 0 Å². The van der Waals surface area contributed by atoms with Gasteiger partial charge < -0.3 is 5.32 Å². The van der Waals surface area contributed by atoms with Gasteiger partial charge in [0.15, 0.2) is 0 Å². The van der Waals surface area contributed by atoms with E-state index in [-0.39, 0.29) is 11.8 Å². The summed E-state index contributed by atoms with van der Waals surface area (Å²) in [5, 5.41) is 11.5. The molecular formula is C21H19N3O. The fourth-order valence-electron chi connectivity index (χ4n) is 4.29. The molecule has 0 bridgehead atoms. The van der Waals surface area contributed by atoms with Crippen LogP contribution in [0.5, 0.6) is 0 Å². The molecule has 2 atom stereocenters. The fraction of sp³-hybridized carbons (Fsp3) is 0.238. The van der Waals surface area contributed by atoms with Crippen molar-refractivity contribution in [3.63, 3.8) is 0 Å². The lowest BCUT2D eigenvalue weighted by molar-refractivity contribution is -0.118. The SMILES string of the molecule is C=Cc1n[nH]c2cc([C@@H]3C[C@@]34C(=O)Nc3ccc(CC)cc34)ccc12. The van der Waals surface area contributed by atoms with Crippen molar-refractivity contribution in [3.8, 4) is 0 Å². The van der Waals surface area contributed by atoms with Gasteiger partial charge >= 0.3 is 0 Å². The van der Waals surface area contributed by atoms with Crippen molar-refractivity contribution in [1.29, 1.82) is 0 Å². The van der Waals surface area contributed by atoms with Gasteiger partial charge in [0.1, 0.15) is 0 Å². The molecule has 2 aromatic carbocycles. The second-order valence-corrected chi connectivity index (χ2v) is 7.03. The Morgan fingerprint density at radius 2 is 2.20 bits per heavy atom. The van der Waals surface area contributed by atoms with Gasteiger partial charge in [-0.15, -0.1) is 0 Å². The Morgan fingerprint density at radius 1 is 1.32 bits per heavy atom. The van der Waals surface area contributed by atoms with Gasteiger partial charge in [0, 0.05) is 17.0 Å². The molecule has 1 aliphatic heterocycles. The van der Waals surface area contributed by atoms with E-state index in [1.165, 1.54) is 16.7 Å². The second kappa shape index (κ2) is 4.82. The number of rotatable bonds is 3. The highest BCUT2D eigenvalue weighted by atomic mass is 16.2. The van der Waals surface area contributed by atoms with Crippen LogP contribution in [0.4, 0.5) is 5.69 Å². The number of aromatic amines is 1. The maximum atomic E-state index is 12.8. The average Bonchev–Trinajstić information content (AvgIpc) is 3.17. The van der Waals surface area contributed by atoms with Crippen LogP contribution in [0, 0.1) is 0 Å². The molecule has 1 fully saturated rings. The van der Waals surface area contributed by atoms with E-state index in [0.717, 1.165) is 35.1 Å². The van der Waals surface area contributed by atoms with Crippen molar-refractivity contribution >= 4 is 28.6 Å². The molecule has 0 radical (unpaired) electrons. The van der Waals surface area contributed by atoms with Crippen molar-refractivity contribution in [2.75, 3.05) is 5.32 Å². The minimum Gasteiger partial charge on any atom is -0.325 e. The van der Waals surface area contributed by atoms with E-state index in [0.29, 0.717) is 0 Å². The first kappa shape index (κ1) is 14.5.